The largest absolute Gasteiger partial charge is 0.495 e. The molecule has 100 valence electrons. The molecule has 0 N–H and O–H groups in total. The summed E-state index contributed by atoms with van der Waals surface area (Å²) in [6.45, 7) is 5.89. The minimum absolute atomic E-state index is 0.0695. The summed E-state index contributed by atoms with van der Waals surface area (Å²) in [6.07, 6.45) is -0.497. The lowest BCUT2D eigenvalue weighted by Gasteiger charge is -2.28. The molecule has 0 fully saturated rings. The van der Waals surface area contributed by atoms with Crippen molar-refractivity contribution in [1.82, 2.24) is 0 Å². The Bertz CT molecular complexity index is 435. The zero-order chi connectivity index (χ0) is 13.9. The number of halogens is 1. The number of hydrogen-bond acceptors (Lipinski definition) is 3. The number of carbonyl (C=O) groups is 1. The Balaban J connectivity index is 3.10. The Kier molecular flexibility index (Phi) is 4.77. The maximum absolute atomic E-state index is 12.4. The van der Waals surface area contributed by atoms with Crippen molar-refractivity contribution in [2.24, 2.45) is 5.41 Å². The molecule has 0 aliphatic rings. The summed E-state index contributed by atoms with van der Waals surface area (Å²) in [5.41, 5.74) is 0.275. The molecule has 4 heteroatoms. The molecule has 1 unspecified atom stereocenters. The lowest BCUT2D eigenvalue weighted by Crippen LogP contribution is -2.36. The van der Waals surface area contributed by atoms with Crippen molar-refractivity contribution in [3.05, 3.63) is 28.8 Å². The molecule has 1 aromatic rings. The first-order valence-corrected chi connectivity index (χ1v) is 6.09. The number of methoxy groups -OCH3 is 2. The van der Waals surface area contributed by atoms with E-state index in [2.05, 4.69) is 0 Å². The summed E-state index contributed by atoms with van der Waals surface area (Å²) in [4.78, 5) is 12.4. The normalized spacial score (nSPS) is 13.2. The van der Waals surface area contributed by atoms with Gasteiger partial charge < -0.3 is 9.47 Å². The lowest BCUT2D eigenvalue weighted by molar-refractivity contribution is 0.0195. The highest BCUT2D eigenvalue weighted by atomic mass is 35.5. The highest BCUT2D eigenvalue weighted by Crippen LogP contribution is 2.29. The molecule has 0 saturated carbocycles. The van der Waals surface area contributed by atoms with E-state index in [1.807, 2.05) is 20.8 Å². The quantitative estimate of drug-likeness (QED) is 0.785. The van der Waals surface area contributed by atoms with E-state index in [1.165, 1.54) is 7.11 Å². The monoisotopic (exact) mass is 270 g/mol. The number of carbonyl (C=O) groups excluding carboxylic acids is 1. The molecule has 1 aromatic carbocycles. The molecule has 0 bridgehead atoms. The summed E-state index contributed by atoms with van der Waals surface area (Å²) in [5, 5.41) is 0.485. The van der Waals surface area contributed by atoms with Gasteiger partial charge in [-0.3, -0.25) is 4.79 Å². The molecule has 1 rings (SSSR count). The van der Waals surface area contributed by atoms with Gasteiger partial charge in [-0.15, -0.1) is 0 Å². The molecule has 1 atom stereocenters. The number of Topliss-reactive ketones (excluding diaryl/α,β-unsaturated/α-hetero) is 1. The van der Waals surface area contributed by atoms with Gasteiger partial charge in [0.05, 0.1) is 12.1 Å². The maximum Gasteiger partial charge on any atom is 0.192 e. The third-order valence-electron chi connectivity index (χ3n) is 2.70. The fourth-order valence-electron chi connectivity index (χ4n) is 1.82. The van der Waals surface area contributed by atoms with E-state index in [-0.39, 0.29) is 11.2 Å². The minimum atomic E-state index is -0.497. The van der Waals surface area contributed by atoms with Gasteiger partial charge in [0.25, 0.3) is 0 Å². The topological polar surface area (TPSA) is 35.5 Å². The summed E-state index contributed by atoms with van der Waals surface area (Å²) < 4.78 is 10.4. The molecule has 0 radical (unpaired) electrons. The van der Waals surface area contributed by atoms with Crippen LogP contribution in [-0.4, -0.2) is 26.1 Å². The van der Waals surface area contributed by atoms with E-state index >= 15 is 0 Å². The Morgan fingerprint density at radius 1 is 1.28 bits per heavy atom. The van der Waals surface area contributed by atoms with Gasteiger partial charge in [0, 0.05) is 12.7 Å². The van der Waals surface area contributed by atoms with Gasteiger partial charge in [0.15, 0.2) is 5.78 Å². The van der Waals surface area contributed by atoms with E-state index in [0.717, 1.165) is 0 Å². The first kappa shape index (κ1) is 15.0. The second-order valence-corrected chi connectivity index (χ2v) is 5.60. The molecule has 0 amide bonds. The molecule has 0 saturated heterocycles. The molecule has 0 aliphatic carbocycles. The van der Waals surface area contributed by atoms with Crippen LogP contribution in [0.4, 0.5) is 0 Å². The zero-order valence-corrected chi connectivity index (χ0v) is 12.2. The van der Waals surface area contributed by atoms with Gasteiger partial charge in [-0.05, 0) is 23.6 Å². The van der Waals surface area contributed by atoms with Crippen molar-refractivity contribution in [3.63, 3.8) is 0 Å². The molecule has 3 nitrogen and oxygen atoms in total. The molecule has 18 heavy (non-hydrogen) atoms. The number of ether oxygens (including phenoxy) is 2. The highest BCUT2D eigenvalue weighted by Gasteiger charge is 2.32. The third kappa shape index (κ3) is 3.24. The van der Waals surface area contributed by atoms with Crippen LogP contribution in [0.15, 0.2) is 18.2 Å². The van der Waals surface area contributed by atoms with Gasteiger partial charge in [-0.25, -0.2) is 0 Å². The van der Waals surface area contributed by atoms with Crippen LogP contribution in [0.1, 0.15) is 31.1 Å². The average Bonchev–Trinajstić information content (AvgIpc) is 2.28. The van der Waals surface area contributed by atoms with Crippen molar-refractivity contribution in [1.29, 1.82) is 0 Å². The summed E-state index contributed by atoms with van der Waals surface area (Å²) in [7, 11) is 3.06. The number of ketones is 1. The van der Waals surface area contributed by atoms with Crippen LogP contribution in [0.3, 0.4) is 0 Å². The Morgan fingerprint density at radius 3 is 2.33 bits per heavy atom. The Morgan fingerprint density at radius 2 is 1.89 bits per heavy atom. The molecule has 0 spiro atoms. The fourth-order valence-corrected chi connectivity index (χ4v) is 2.01. The molecular formula is C14H19ClO3. The number of benzene rings is 1. The van der Waals surface area contributed by atoms with Crippen molar-refractivity contribution in [3.8, 4) is 5.75 Å². The van der Waals surface area contributed by atoms with Gasteiger partial charge in [0.1, 0.15) is 11.9 Å². The predicted octanol–water partition coefficient (Wildman–Crippen LogP) is 3.59. The summed E-state index contributed by atoms with van der Waals surface area (Å²) >= 11 is 5.94. The lowest BCUT2D eigenvalue weighted by atomic mass is 9.84. The highest BCUT2D eigenvalue weighted by molar-refractivity contribution is 6.32. The second kappa shape index (κ2) is 5.72. The molecule has 0 aromatic heterocycles. The van der Waals surface area contributed by atoms with Crippen molar-refractivity contribution >= 4 is 17.4 Å². The zero-order valence-electron chi connectivity index (χ0n) is 11.4. The number of rotatable bonds is 4. The molecular weight excluding hydrogens is 252 g/mol. The van der Waals surface area contributed by atoms with Crippen molar-refractivity contribution < 1.29 is 14.3 Å². The maximum atomic E-state index is 12.4. The van der Waals surface area contributed by atoms with Crippen LogP contribution < -0.4 is 4.74 Å². The van der Waals surface area contributed by atoms with Crippen molar-refractivity contribution in [2.75, 3.05) is 14.2 Å². The molecule has 0 heterocycles. The Labute approximate surface area is 113 Å². The van der Waals surface area contributed by atoms with E-state index in [0.29, 0.717) is 16.3 Å². The van der Waals surface area contributed by atoms with Crippen LogP contribution in [0.25, 0.3) is 0 Å². The van der Waals surface area contributed by atoms with Gasteiger partial charge >= 0.3 is 0 Å². The van der Waals surface area contributed by atoms with E-state index in [9.17, 15) is 4.79 Å². The van der Waals surface area contributed by atoms with Crippen LogP contribution in [0.5, 0.6) is 5.75 Å². The van der Waals surface area contributed by atoms with Gasteiger partial charge in [-0.1, -0.05) is 32.4 Å². The van der Waals surface area contributed by atoms with Crippen LogP contribution in [0.2, 0.25) is 5.02 Å². The van der Waals surface area contributed by atoms with Gasteiger partial charge in [-0.2, -0.15) is 0 Å². The minimum Gasteiger partial charge on any atom is -0.495 e. The SMILES string of the molecule is COc1cc(C(=O)C(OC)C(C)(C)C)ccc1Cl. The van der Waals surface area contributed by atoms with Crippen molar-refractivity contribution in [2.45, 2.75) is 26.9 Å². The Hall–Kier alpha value is -1.06. The van der Waals surface area contributed by atoms with Crippen LogP contribution in [-0.2, 0) is 4.74 Å². The van der Waals surface area contributed by atoms with E-state index < -0.39 is 6.10 Å². The standard InChI is InChI=1S/C14H19ClO3/c1-14(2,3)13(18-5)12(16)9-6-7-10(15)11(8-9)17-4/h6-8,13H,1-5H3. The first-order chi connectivity index (χ1) is 8.31. The summed E-state index contributed by atoms with van der Waals surface area (Å²) in [5.74, 6) is 0.422. The number of hydrogen-bond donors (Lipinski definition) is 0. The second-order valence-electron chi connectivity index (χ2n) is 5.20. The first-order valence-electron chi connectivity index (χ1n) is 5.71. The van der Waals surface area contributed by atoms with Crippen LogP contribution >= 0.6 is 11.6 Å². The van der Waals surface area contributed by atoms with E-state index in [4.69, 9.17) is 21.1 Å². The summed E-state index contributed by atoms with van der Waals surface area (Å²) in [6, 6.07) is 4.98. The smallest absolute Gasteiger partial charge is 0.192 e. The fraction of sp³-hybridized carbons (Fsp3) is 0.500. The van der Waals surface area contributed by atoms with Gasteiger partial charge in [0.2, 0.25) is 0 Å². The van der Waals surface area contributed by atoms with Crippen LogP contribution in [0, 0.1) is 5.41 Å². The average molecular weight is 271 g/mol. The predicted molar refractivity (Wildman–Crippen MR) is 72.6 cm³/mol. The third-order valence-corrected chi connectivity index (χ3v) is 3.01. The molecule has 0 aliphatic heterocycles. The van der Waals surface area contributed by atoms with E-state index in [1.54, 1.807) is 25.3 Å².